The van der Waals surface area contributed by atoms with Gasteiger partial charge in [0.15, 0.2) is 5.13 Å². The van der Waals surface area contributed by atoms with Gasteiger partial charge in [0.25, 0.3) is 0 Å². The van der Waals surface area contributed by atoms with Gasteiger partial charge in [-0.2, -0.15) is 0 Å². The number of thiazole rings is 1. The van der Waals surface area contributed by atoms with Crippen molar-refractivity contribution >= 4 is 16.5 Å². The average Bonchev–Trinajstić information content (AvgIpc) is 2.88. The fourth-order valence-corrected chi connectivity index (χ4v) is 2.58. The molecule has 78 valence electrons. The smallest absolute Gasteiger partial charge is 0.185 e. The van der Waals surface area contributed by atoms with E-state index >= 15 is 0 Å². The molecule has 1 aliphatic carbocycles. The number of hydrogen-bond donors (Lipinski definition) is 1. The first kappa shape index (κ1) is 9.93. The van der Waals surface area contributed by atoms with Crippen molar-refractivity contribution in [1.29, 1.82) is 0 Å². The molecule has 1 fully saturated rings. The predicted octanol–water partition coefficient (Wildman–Crippen LogP) is 2.10. The molecule has 14 heavy (non-hydrogen) atoms. The first-order chi connectivity index (χ1) is 6.59. The van der Waals surface area contributed by atoms with E-state index in [1.807, 2.05) is 6.92 Å². The second kappa shape index (κ2) is 3.51. The van der Waals surface area contributed by atoms with Crippen LogP contribution >= 0.6 is 11.3 Å². The molecular formula is C10H16N2OS. The molecule has 0 amide bonds. The molecule has 1 unspecified atom stereocenters. The normalized spacial score (nSPS) is 18.3. The molecule has 1 aromatic heterocycles. The van der Waals surface area contributed by atoms with Gasteiger partial charge in [0.2, 0.25) is 0 Å². The zero-order valence-electron chi connectivity index (χ0n) is 8.82. The van der Waals surface area contributed by atoms with Crippen molar-refractivity contribution in [2.45, 2.75) is 38.8 Å². The average molecular weight is 212 g/mol. The highest BCUT2D eigenvalue weighted by molar-refractivity contribution is 7.15. The van der Waals surface area contributed by atoms with E-state index in [-0.39, 0.29) is 0 Å². The molecule has 0 saturated heterocycles. The molecule has 1 N–H and O–H groups in total. The van der Waals surface area contributed by atoms with Crippen LogP contribution in [0, 0.1) is 6.92 Å². The third-order valence-corrected chi connectivity index (χ3v) is 3.69. The summed E-state index contributed by atoms with van der Waals surface area (Å²) in [5.74, 6) is 0. The largest absolute Gasteiger partial charge is 0.387 e. The van der Waals surface area contributed by atoms with Gasteiger partial charge in [-0.25, -0.2) is 4.98 Å². The monoisotopic (exact) mass is 212 g/mol. The Morgan fingerprint density at radius 1 is 1.57 bits per heavy atom. The summed E-state index contributed by atoms with van der Waals surface area (Å²) in [5.41, 5.74) is 0.831. The van der Waals surface area contributed by atoms with Crippen LogP contribution in [0.25, 0.3) is 0 Å². The van der Waals surface area contributed by atoms with Crippen molar-refractivity contribution < 1.29 is 5.11 Å². The van der Waals surface area contributed by atoms with Crippen LogP contribution in [-0.4, -0.2) is 23.2 Å². The van der Waals surface area contributed by atoms with E-state index < -0.39 is 6.10 Å². The zero-order chi connectivity index (χ0) is 10.3. The number of anilines is 1. The lowest BCUT2D eigenvalue weighted by Gasteiger charge is -2.13. The van der Waals surface area contributed by atoms with Crippen LogP contribution in [0.3, 0.4) is 0 Å². The molecule has 0 spiro atoms. The van der Waals surface area contributed by atoms with Crippen molar-refractivity contribution in [3.63, 3.8) is 0 Å². The molecule has 1 heterocycles. The number of hydrogen-bond acceptors (Lipinski definition) is 4. The SMILES string of the molecule is Cc1sc(N(C)C2CC2)nc1C(C)O. The summed E-state index contributed by atoms with van der Waals surface area (Å²) in [5, 5.41) is 10.5. The Bertz CT molecular complexity index is 331. The Morgan fingerprint density at radius 2 is 2.21 bits per heavy atom. The third-order valence-electron chi connectivity index (χ3n) is 2.61. The molecule has 1 aliphatic rings. The van der Waals surface area contributed by atoms with Gasteiger partial charge >= 0.3 is 0 Å². The molecule has 1 atom stereocenters. The molecular weight excluding hydrogens is 196 g/mol. The van der Waals surface area contributed by atoms with Gasteiger partial charge in [-0.05, 0) is 26.7 Å². The number of aliphatic hydroxyl groups excluding tert-OH is 1. The van der Waals surface area contributed by atoms with E-state index in [9.17, 15) is 5.11 Å². The van der Waals surface area contributed by atoms with Crippen molar-refractivity contribution in [2.24, 2.45) is 0 Å². The Hall–Kier alpha value is -0.610. The molecule has 1 saturated carbocycles. The van der Waals surface area contributed by atoms with E-state index in [2.05, 4.69) is 16.9 Å². The summed E-state index contributed by atoms with van der Waals surface area (Å²) in [6, 6.07) is 0.683. The quantitative estimate of drug-likeness (QED) is 0.833. The second-order valence-corrected chi connectivity index (χ2v) is 5.14. The summed E-state index contributed by atoms with van der Waals surface area (Å²) < 4.78 is 0. The van der Waals surface area contributed by atoms with Crippen LogP contribution in [-0.2, 0) is 0 Å². The minimum Gasteiger partial charge on any atom is -0.387 e. The van der Waals surface area contributed by atoms with Gasteiger partial charge in [-0.3, -0.25) is 0 Å². The second-order valence-electron chi connectivity index (χ2n) is 3.96. The minimum atomic E-state index is -0.451. The first-order valence-electron chi connectivity index (χ1n) is 4.98. The standard InChI is InChI=1S/C10H16N2OS/c1-6(13)9-7(2)14-10(11-9)12(3)8-4-5-8/h6,8,13H,4-5H2,1-3H3. The Labute approximate surface area is 88.4 Å². The van der Waals surface area contributed by atoms with Gasteiger partial charge in [-0.15, -0.1) is 11.3 Å². The minimum absolute atomic E-state index is 0.451. The Kier molecular flexibility index (Phi) is 2.49. The van der Waals surface area contributed by atoms with Crippen LogP contribution in [0.2, 0.25) is 0 Å². The number of aromatic nitrogens is 1. The van der Waals surface area contributed by atoms with Crippen LogP contribution in [0.1, 0.15) is 36.4 Å². The lowest BCUT2D eigenvalue weighted by Crippen LogP contribution is -2.19. The van der Waals surface area contributed by atoms with Gasteiger partial charge in [0.1, 0.15) is 0 Å². The summed E-state index contributed by atoms with van der Waals surface area (Å²) in [6.45, 7) is 3.78. The molecule has 2 rings (SSSR count). The molecule has 4 heteroatoms. The molecule has 0 radical (unpaired) electrons. The van der Waals surface area contributed by atoms with E-state index in [0.717, 1.165) is 15.7 Å². The van der Waals surface area contributed by atoms with Crippen molar-refractivity contribution in [3.8, 4) is 0 Å². The maximum Gasteiger partial charge on any atom is 0.185 e. The highest BCUT2D eigenvalue weighted by atomic mass is 32.1. The van der Waals surface area contributed by atoms with Gasteiger partial charge in [0, 0.05) is 18.0 Å². The highest BCUT2D eigenvalue weighted by Gasteiger charge is 2.28. The zero-order valence-corrected chi connectivity index (χ0v) is 9.64. The van der Waals surface area contributed by atoms with E-state index in [1.165, 1.54) is 12.8 Å². The number of nitrogens with zero attached hydrogens (tertiary/aromatic N) is 2. The fourth-order valence-electron chi connectivity index (χ4n) is 1.55. The molecule has 0 aliphatic heterocycles. The van der Waals surface area contributed by atoms with Crippen molar-refractivity contribution in [2.75, 3.05) is 11.9 Å². The molecule has 1 aromatic rings. The van der Waals surface area contributed by atoms with E-state index in [4.69, 9.17) is 0 Å². The number of rotatable bonds is 3. The maximum absolute atomic E-state index is 9.48. The highest BCUT2D eigenvalue weighted by Crippen LogP contribution is 2.35. The lowest BCUT2D eigenvalue weighted by atomic mass is 10.3. The molecule has 0 aromatic carbocycles. The van der Waals surface area contributed by atoms with E-state index in [0.29, 0.717) is 6.04 Å². The summed E-state index contributed by atoms with van der Waals surface area (Å²) >= 11 is 1.67. The maximum atomic E-state index is 9.48. The van der Waals surface area contributed by atoms with Crippen LogP contribution < -0.4 is 4.90 Å². The molecule has 3 nitrogen and oxygen atoms in total. The summed E-state index contributed by atoms with van der Waals surface area (Å²) in [4.78, 5) is 7.82. The summed E-state index contributed by atoms with van der Waals surface area (Å²) in [7, 11) is 2.09. The Morgan fingerprint density at radius 3 is 2.64 bits per heavy atom. The van der Waals surface area contributed by atoms with Crippen LogP contribution in [0.4, 0.5) is 5.13 Å². The van der Waals surface area contributed by atoms with Gasteiger partial charge in [-0.1, -0.05) is 0 Å². The summed E-state index contributed by atoms with van der Waals surface area (Å²) in [6.07, 6.45) is 2.10. The number of aryl methyl sites for hydroxylation is 1. The van der Waals surface area contributed by atoms with Gasteiger partial charge < -0.3 is 10.0 Å². The van der Waals surface area contributed by atoms with Crippen LogP contribution in [0.5, 0.6) is 0 Å². The number of aliphatic hydroxyl groups is 1. The topological polar surface area (TPSA) is 36.4 Å². The van der Waals surface area contributed by atoms with Crippen LogP contribution in [0.15, 0.2) is 0 Å². The van der Waals surface area contributed by atoms with Crippen molar-refractivity contribution in [3.05, 3.63) is 10.6 Å². The van der Waals surface area contributed by atoms with Crippen molar-refractivity contribution in [1.82, 2.24) is 4.98 Å². The third kappa shape index (κ3) is 1.77. The Balaban J connectivity index is 2.22. The molecule has 0 bridgehead atoms. The lowest BCUT2D eigenvalue weighted by molar-refractivity contribution is 0.194. The first-order valence-corrected chi connectivity index (χ1v) is 5.79. The van der Waals surface area contributed by atoms with Gasteiger partial charge in [0.05, 0.1) is 11.8 Å². The fraction of sp³-hybridized carbons (Fsp3) is 0.700. The predicted molar refractivity (Wildman–Crippen MR) is 58.9 cm³/mol. The van der Waals surface area contributed by atoms with E-state index in [1.54, 1.807) is 18.3 Å².